The topological polar surface area (TPSA) is 76.3 Å². The zero-order valence-electron chi connectivity index (χ0n) is 13.8. The summed E-state index contributed by atoms with van der Waals surface area (Å²) in [6.45, 7) is 3.83. The van der Waals surface area contributed by atoms with Crippen molar-refractivity contribution in [1.29, 1.82) is 0 Å². The fourth-order valence-electron chi connectivity index (χ4n) is 3.02. The number of imide groups is 1. The van der Waals surface area contributed by atoms with Crippen molar-refractivity contribution in [3.8, 4) is 0 Å². The molecule has 26 heavy (non-hydrogen) atoms. The van der Waals surface area contributed by atoms with E-state index in [1.54, 1.807) is 18.2 Å². The van der Waals surface area contributed by atoms with Crippen LogP contribution in [0.25, 0.3) is 10.8 Å². The molecule has 1 aromatic heterocycles. The number of amides is 2. The first kappa shape index (κ1) is 16.5. The van der Waals surface area contributed by atoms with E-state index in [1.165, 1.54) is 16.7 Å². The van der Waals surface area contributed by atoms with E-state index in [0.717, 1.165) is 10.8 Å². The maximum absolute atomic E-state index is 12.8. The zero-order chi connectivity index (χ0) is 18.1. The molecule has 4 rings (SSSR count). The van der Waals surface area contributed by atoms with Crippen LogP contribution in [-0.2, 0) is 6.42 Å². The highest BCUT2D eigenvalue weighted by molar-refractivity contribution is 7.99. The molecular weight excluding hydrogens is 350 g/mol. The SMILES string of the molecule is C=CCSc1nnc(CCN2C(=O)c3cccc4cccc(c34)C2=O)o1. The summed E-state index contributed by atoms with van der Waals surface area (Å²) in [5.41, 5.74) is 1.09. The van der Waals surface area contributed by atoms with Gasteiger partial charge in [-0.3, -0.25) is 14.5 Å². The van der Waals surface area contributed by atoms with Crippen LogP contribution in [0.5, 0.6) is 0 Å². The fourth-order valence-corrected chi connectivity index (χ4v) is 3.53. The first-order valence-corrected chi connectivity index (χ1v) is 9.11. The Kier molecular flexibility index (Phi) is 4.30. The molecule has 1 aliphatic heterocycles. The molecule has 6 nitrogen and oxygen atoms in total. The van der Waals surface area contributed by atoms with Gasteiger partial charge in [-0.2, -0.15) is 0 Å². The van der Waals surface area contributed by atoms with Gasteiger partial charge < -0.3 is 4.42 Å². The Balaban J connectivity index is 1.57. The summed E-state index contributed by atoms with van der Waals surface area (Å²) < 4.78 is 5.52. The lowest BCUT2D eigenvalue weighted by Crippen LogP contribution is -2.41. The third-order valence-electron chi connectivity index (χ3n) is 4.18. The molecule has 2 aromatic carbocycles. The quantitative estimate of drug-likeness (QED) is 0.379. The van der Waals surface area contributed by atoms with Crippen LogP contribution < -0.4 is 0 Å². The third-order valence-corrected chi connectivity index (χ3v) is 4.99. The molecule has 7 heteroatoms. The number of benzene rings is 2. The minimum atomic E-state index is -0.292. The molecule has 0 saturated carbocycles. The van der Waals surface area contributed by atoms with Gasteiger partial charge in [0.1, 0.15) is 0 Å². The van der Waals surface area contributed by atoms with Crippen LogP contribution in [0.4, 0.5) is 0 Å². The molecule has 0 atom stereocenters. The Labute approximate surface area is 153 Å². The molecule has 2 heterocycles. The summed E-state index contributed by atoms with van der Waals surface area (Å²) >= 11 is 1.39. The zero-order valence-corrected chi connectivity index (χ0v) is 14.7. The number of carbonyl (C=O) groups excluding carboxylic acids is 2. The van der Waals surface area contributed by atoms with Crippen molar-refractivity contribution in [3.05, 3.63) is 66.1 Å². The van der Waals surface area contributed by atoms with Gasteiger partial charge in [0, 0.05) is 35.2 Å². The Morgan fingerprint density at radius 1 is 1.08 bits per heavy atom. The van der Waals surface area contributed by atoms with Gasteiger partial charge in [-0.15, -0.1) is 16.8 Å². The van der Waals surface area contributed by atoms with E-state index in [0.29, 0.717) is 34.4 Å². The lowest BCUT2D eigenvalue weighted by molar-refractivity contribution is 0.0610. The van der Waals surface area contributed by atoms with E-state index < -0.39 is 0 Å². The van der Waals surface area contributed by atoms with Crippen LogP contribution in [-0.4, -0.2) is 39.2 Å². The molecule has 1 aliphatic rings. The summed E-state index contributed by atoms with van der Waals surface area (Å²) in [6, 6.07) is 11.0. The monoisotopic (exact) mass is 365 g/mol. The van der Waals surface area contributed by atoms with Crippen LogP contribution in [0, 0.1) is 0 Å². The molecule has 3 aromatic rings. The van der Waals surface area contributed by atoms with Gasteiger partial charge in [0.15, 0.2) is 0 Å². The van der Waals surface area contributed by atoms with E-state index >= 15 is 0 Å². The first-order chi connectivity index (χ1) is 12.7. The number of carbonyl (C=O) groups is 2. The molecule has 2 amide bonds. The van der Waals surface area contributed by atoms with E-state index in [4.69, 9.17) is 4.42 Å². The molecule has 0 fully saturated rings. The normalized spacial score (nSPS) is 13.5. The second-order valence-corrected chi connectivity index (χ2v) is 6.75. The van der Waals surface area contributed by atoms with Gasteiger partial charge in [0.05, 0.1) is 0 Å². The van der Waals surface area contributed by atoms with Crippen molar-refractivity contribution in [2.75, 3.05) is 12.3 Å². The highest BCUT2D eigenvalue weighted by Gasteiger charge is 2.32. The second kappa shape index (κ2) is 6.76. The Bertz CT molecular complexity index is 977. The lowest BCUT2D eigenvalue weighted by atomic mass is 9.94. The highest BCUT2D eigenvalue weighted by Crippen LogP contribution is 2.30. The molecule has 0 radical (unpaired) electrons. The summed E-state index contributed by atoms with van der Waals surface area (Å²) in [4.78, 5) is 26.9. The number of thioether (sulfide) groups is 1. The number of nitrogens with zero attached hydrogens (tertiary/aromatic N) is 3. The number of aromatic nitrogens is 2. The van der Waals surface area contributed by atoms with Gasteiger partial charge in [-0.1, -0.05) is 42.1 Å². The minimum absolute atomic E-state index is 0.191. The van der Waals surface area contributed by atoms with Gasteiger partial charge in [0.25, 0.3) is 17.0 Å². The molecule has 0 aliphatic carbocycles. The minimum Gasteiger partial charge on any atom is -0.416 e. The van der Waals surface area contributed by atoms with Crippen molar-refractivity contribution >= 4 is 34.3 Å². The predicted octanol–water partition coefficient (Wildman–Crippen LogP) is 3.34. The van der Waals surface area contributed by atoms with Crippen molar-refractivity contribution in [3.63, 3.8) is 0 Å². The van der Waals surface area contributed by atoms with E-state index in [1.807, 2.05) is 24.3 Å². The Morgan fingerprint density at radius 2 is 1.77 bits per heavy atom. The maximum Gasteiger partial charge on any atom is 0.276 e. The number of hydrogen-bond donors (Lipinski definition) is 0. The van der Waals surface area contributed by atoms with Crippen molar-refractivity contribution in [2.24, 2.45) is 0 Å². The maximum atomic E-state index is 12.8. The van der Waals surface area contributed by atoms with Gasteiger partial charge in [0.2, 0.25) is 5.89 Å². The molecular formula is C19H15N3O3S. The van der Waals surface area contributed by atoms with Crippen LogP contribution in [0.3, 0.4) is 0 Å². The molecule has 0 spiro atoms. The lowest BCUT2D eigenvalue weighted by Gasteiger charge is -2.26. The van der Waals surface area contributed by atoms with Crippen LogP contribution in [0.1, 0.15) is 26.6 Å². The summed E-state index contributed by atoms with van der Waals surface area (Å²) in [6.07, 6.45) is 2.06. The van der Waals surface area contributed by atoms with Crippen molar-refractivity contribution in [2.45, 2.75) is 11.6 Å². The highest BCUT2D eigenvalue weighted by atomic mass is 32.2. The Morgan fingerprint density at radius 3 is 2.42 bits per heavy atom. The first-order valence-electron chi connectivity index (χ1n) is 8.13. The largest absolute Gasteiger partial charge is 0.416 e. The third kappa shape index (κ3) is 2.80. The molecule has 0 N–H and O–H groups in total. The van der Waals surface area contributed by atoms with E-state index in [2.05, 4.69) is 16.8 Å². The summed E-state index contributed by atoms with van der Waals surface area (Å²) in [5, 5.41) is 9.96. The average molecular weight is 365 g/mol. The van der Waals surface area contributed by atoms with Crippen molar-refractivity contribution < 1.29 is 14.0 Å². The standard InChI is InChI=1S/C19H15N3O3S/c1-2-11-26-19-21-20-15(25-19)9-10-22-17(23)13-7-3-5-12-6-4-8-14(16(12)13)18(22)24/h2-8H,1,9-11H2. The predicted molar refractivity (Wildman–Crippen MR) is 98.2 cm³/mol. The fraction of sp³-hybridized carbons (Fsp3) is 0.158. The van der Waals surface area contributed by atoms with Crippen LogP contribution >= 0.6 is 11.8 Å². The van der Waals surface area contributed by atoms with E-state index in [9.17, 15) is 9.59 Å². The van der Waals surface area contributed by atoms with Crippen LogP contribution in [0.2, 0.25) is 0 Å². The molecule has 0 saturated heterocycles. The van der Waals surface area contributed by atoms with Gasteiger partial charge >= 0.3 is 0 Å². The average Bonchev–Trinajstić information content (AvgIpc) is 3.12. The van der Waals surface area contributed by atoms with Crippen LogP contribution in [0.15, 0.2) is 58.7 Å². The second-order valence-electron chi connectivity index (χ2n) is 5.78. The molecule has 130 valence electrons. The summed E-state index contributed by atoms with van der Waals surface area (Å²) in [5.74, 6) is 0.486. The molecule has 0 bridgehead atoms. The molecule has 0 unspecified atom stereocenters. The number of rotatable bonds is 6. The smallest absolute Gasteiger partial charge is 0.276 e. The number of hydrogen-bond acceptors (Lipinski definition) is 6. The van der Waals surface area contributed by atoms with E-state index in [-0.39, 0.29) is 18.4 Å². The summed E-state index contributed by atoms with van der Waals surface area (Å²) in [7, 11) is 0. The van der Waals surface area contributed by atoms with Gasteiger partial charge in [-0.25, -0.2) is 0 Å². The van der Waals surface area contributed by atoms with Gasteiger partial charge in [-0.05, 0) is 17.5 Å². The van der Waals surface area contributed by atoms with Crippen molar-refractivity contribution in [1.82, 2.24) is 15.1 Å². The Hall–Kier alpha value is -2.93.